The molecule has 2 N–H and O–H groups in total. The zero-order valence-electron chi connectivity index (χ0n) is 12.3. The largest absolute Gasteiger partial charge is 0.383 e. The molecule has 5 nitrogen and oxygen atoms in total. The summed E-state index contributed by atoms with van der Waals surface area (Å²) in [6.45, 7) is 2.44. The second kappa shape index (κ2) is 9.28. The normalized spacial score (nSPS) is 23.3. The number of ether oxygens (including phenoxy) is 2. The van der Waals surface area contributed by atoms with E-state index in [1.165, 1.54) is 0 Å². The van der Waals surface area contributed by atoms with Gasteiger partial charge in [0.05, 0.1) is 13.2 Å². The Bertz CT molecular complexity index is 245. The molecule has 1 aliphatic carbocycles. The van der Waals surface area contributed by atoms with Crippen molar-refractivity contribution in [3.05, 3.63) is 0 Å². The molecule has 19 heavy (non-hydrogen) atoms. The molecule has 1 amide bonds. The Morgan fingerprint density at radius 3 is 2.11 bits per heavy atom. The topological polar surface area (TPSA) is 64.8 Å². The van der Waals surface area contributed by atoms with Crippen LogP contribution in [0.5, 0.6) is 0 Å². The van der Waals surface area contributed by atoms with Gasteiger partial charge in [-0.05, 0) is 31.6 Å². The molecule has 0 heterocycles. The van der Waals surface area contributed by atoms with Crippen molar-refractivity contribution in [1.82, 2.24) is 4.90 Å². The maximum atomic E-state index is 12.3. The fourth-order valence-corrected chi connectivity index (χ4v) is 2.53. The van der Waals surface area contributed by atoms with E-state index in [2.05, 4.69) is 0 Å². The number of carbonyl (C=O) groups excluding carboxylic acids is 1. The van der Waals surface area contributed by atoms with Gasteiger partial charge < -0.3 is 20.1 Å². The molecule has 0 unspecified atom stereocenters. The maximum Gasteiger partial charge on any atom is 0.223 e. The average Bonchev–Trinajstić information content (AvgIpc) is 2.41. The minimum absolute atomic E-state index is 0.217. The van der Waals surface area contributed by atoms with Crippen LogP contribution in [0.1, 0.15) is 32.1 Å². The third-order valence-electron chi connectivity index (χ3n) is 3.84. The molecule has 0 radical (unpaired) electrons. The molecule has 0 aromatic carbocycles. The van der Waals surface area contributed by atoms with E-state index in [1.54, 1.807) is 14.2 Å². The van der Waals surface area contributed by atoms with Crippen LogP contribution >= 0.6 is 0 Å². The van der Waals surface area contributed by atoms with E-state index >= 15 is 0 Å². The summed E-state index contributed by atoms with van der Waals surface area (Å²) in [6.07, 6.45) is 4.90. The number of nitrogens with zero attached hydrogens (tertiary/aromatic N) is 1. The Balaban J connectivity index is 2.36. The van der Waals surface area contributed by atoms with Crippen molar-refractivity contribution in [3.63, 3.8) is 0 Å². The third kappa shape index (κ3) is 6.36. The highest BCUT2D eigenvalue weighted by Gasteiger charge is 2.23. The smallest absolute Gasteiger partial charge is 0.223 e. The second-order valence-corrected chi connectivity index (χ2v) is 5.35. The summed E-state index contributed by atoms with van der Waals surface area (Å²) >= 11 is 0. The van der Waals surface area contributed by atoms with E-state index in [0.717, 1.165) is 25.7 Å². The van der Waals surface area contributed by atoms with Crippen LogP contribution in [-0.4, -0.2) is 57.4 Å². The molecule has 5 heteroatoms. The van der Waals surface area contributed by atoms with Crippen molar-refractivity contribution in [2.45, 2.75) is 38.1 Å². The van der Waals surface area contributed by atoms with Gasteiger partial charge in [-0.15, -0.1) is 0 Å². The quantitative estimate of drug-likeness (QED) is 0.716. The van der Waals surface area contributed by atoms with Crippen molar-refractivity contribution in [2.75, 3.05) is 40.5 Å². The zero-order chi connectivity index (χ0) is 14.1. The van der Waals surface area contributed by atoms with Crippen molar-refractivity contribution < 1.29 is 14.3 Å². The van der Waals surface area contributed by atoms with Gasteiger partial charge in [0.2, 0.25) is 5.91 Å². The lowest BCUT2D eigenvalue weighted by atomic mass is 9.84. The van der Waals surface area contributed by atoms with E-state index in [4.69, 9.17) is 15.2 Å². The summed E-state index contributed by atoms with van der Waals surface area (Å²) in [4.78, 5) is 14.1. The van der Waals surface area contributed by atoms with Gasteiger partial charge in [0.1, 0.15) is 0 Å². The van der Waals surface area contributed by atoms with Gasteiger partial charge in [-0.1, -0.05) is 0 Å². The molecule has 0 aromatic heterocycles. The standard InChI is InChI=1S/C14H28N2O3/c1-18-9-7-16(8-10-19-2)14(17)11-12-3-5-13(15)6-4-12/h12-13H,3-11,15H2,1-2H3. The van der Waals surface area contributed by atoms with Crippen LogP contribution in [0.4, 0.5) is 0 Å². The number of nitrogens with two attached hydrogens (primary N) is 1. The van der Waals surface area contributed by atoms with Crippen LogP contribution < -0.4 is 5.73 Å². The van der Waals surface area contributed by atoms with E-state index in [0.29, 0.717) is 44.7 Å². The lowest BCUT2D eigenvalue weighted by Gasteiger charge is -2.28. The Morgan fingerprint density at radius 2 is 1.63 bits per heavy atom. The Morgan fingerprint density at radius 1 is 1.11 bits per heavy atom. The van der Waals surface area contributed by atoms with Crippen LogP contribution in [0, 0.1) is 5.92 Å². The summed E-state index contributed by atoms with van der Waals surface area (Å²) in [5, 5.41) is 0. The second-order valence-electron chi connectivity index (χ2n) is 5.35. The molecule has 1 rings (SSSR count). The van der Waals surface area contributed by atoms with Crippen molar-refractivity contribution in [3.8, 4) is 0 Å². The molecule has 0 bridgehead atoms. The van der Waals surface area contributed by atoms with Crippen molar-refractivity contribution in [2.24, 2.45) is 11.7 Å². The number of carbonyl (C=O) groups is 1. The van der Waals surface area contributed by atoms with Gasteiger partial charge in [-0.25, -0.2) is 0 Å². The molecule has 112 valence electrons. The predicted molar refractivity (Wildman–Crippen MR) is 74.9 cm³/mol. The van der Waals surface area contributed by atoms with E-state index in [-0.39, 0.29) is 5.91 Å². The summed E-state index contributed by atoms with van der Waals surface area (Å²) in [6, 6.07) is 0.337. The Kier molecular flexibility index (Phi) is 8.02. The zero-order valence-corrected chi connectivity index (χ0v) is 12.3. The first-order valence-electron chi connectivity index (χ1n) is 7.18. The van der Waals surface area contributed by atoms with E-state index in [9.17, 15) is 4.79 Å². The molecule has 0 saturated heterocycles. The summed E-state index contributed by atoms with van der Waals surface area (Å²) < 4.78 is 10.1. The van der Waals surface area contributed by atoms with Gasteiger partial charge in [0.25, 0.3) is 0 Å². The molecule has 0 aliphatic heterocycles. The third-order valence-corrected chi connectivity index (χ3v) is 3.84. The molecule has 0 atom stereocenters. The monoisotopic (exact) mass is 272 g/mol. The number of methoxy groups -OCH3 is 2. The lowest BCUT2D eigenvalue weighted by Crippen LogP contribution is -2.38. The summed E-state index contributed by atoms with van der Waals surface area (Å²) in [5.41, 5.74) is 5.89. The van der Waals surface area contributed by atoms with Gasteiger partial charge in [-0.2, -0.15) is 0 Å². The van der Waals surface area contributed by atoms with Gasteiger partial charge in [0.15, 0.2) is 0 Å². The first kappa shape index (κ1) is 16.4. The van der Waals surface area contributed by atoms with Crippen LogP contribution in [-0.2, 0) is 14.3 Å². The summed E-state index contributed by atoms with van der Waals surface area (Å²) in [5.74, 6) is 0.717. The van der Waals surface area contributed by atoms with Crippen molar-refractivity contribution >= 4 is 5.91 Å². The first-order valence-corrected chi connectivity index (χ1v) is 7.18. The van der Waals surface area contributed by atoms with Crippen LogP contribution in [0.2, 0.25) is 0 Å². The highest BCUT2D eigenvalue weighted by Crippen LogP contribution is 2.26. The number of hydrogen-bond acceptors (Lipinski definition) is 4. The minimum atomic E-state index is 0.217. The Labute approximate surface area is 116 Å². The maximum absolute atomic E-state index is 12.3. The highest BCUT2D eigenvalue weighted by atomic mass is 16.5. The SMILES string of the molecule is COCCN(CCOC)C(=O)CC1CCC(N)CC1. The van der Waals surface area contributed by atoms with Crippen LogP contribution in [0.3, 0.4) is 0 Å². The van der Waals surface area contributed by atoms with E-state index in [1.807, 2.05) is 4.90 Å². The van der Waals surface area contributed by atoms with Gasteiger partial charge in [-0.3, -0.25) is 4.79 Å². The fourth-order valence-electron chi connectivity index (χ4n) is 2.53. The minimum Gasteiger partial charge on any atom is -0.383 e. The van der Waals surface area contributed by atoms with Crippen LogP contribution in [0.15, 0.2) is 0 Å². The number of rotatable bonds is 8. The lowest BCUT2D eigenvalue weighted by molar-refractivity contribution is -0.133. The number of hydrogen-bond donors (Lipinski definition) is 1. The molecule has 1 aliphatic rings. The molecule has 1 saturated carbocycles. The molecular formula is C14H28N2O3. The molecular weight excluding hydrogens is 244 g/mol. The van der Waals surface area contributed by atoms with E-state index < -0.39 is 0 Å². The summed E-state index contributed by atoms with van der Waals surface area (Å²) in [7, 11) is 3.31. The number of amides is 1. The average molecular weight is 272 g/mol. The predicted octanol–water partition coefficient (Wildman–Crippen LogP) is 1.02. The van der Waals surface area contributed by atoms with Crippen molar-refractivity contribution in [1.29, 1.82) is 0 Å². The highest BCUT2D eigenvalue weighted by molar-refractivity contribution is 5.76. The first-order chi connectivity index (χ1) is 9.17. The Hall–Kier alpha value is -0.650. The molecule has 0 spiro atoms. The fraction of sp³-hybridized carbons (Fsp3) is 0.929. The molecule has 0 aromatic rings. The molecule has 1 fully saturated rings. The van der Waals surface area contributed by atoms with Gasteiger partial charge in [0, 0.05) is 39.8 Å². The van der Waals surface area contributed by atoms with Crippen LogP contribution in [0.25, 0.3) is 0 Å². The van der Waals surface area contributed by atoms with Gasteiger partial charge >= 0.3 is 0 Å².